The summed E-state index contributed by atoms with van der Waals surface area (Å²) in [4.78, 5) is 9.45. The summed E-state index contributed by atoms with van der Waals surface area (Å²) < 4.78 is 2.29. The van der Waals surface area contributed by atoms with E-state index in [0.717, 1.165) is 37.2 Å². The van der Waals surface area contributed by atoms with Gasteiger partial charge in [-0.25, -0.2) is 9.97 Å². The van der Waals surface area contributed by atoms with Gasteiger partial charge in [0.05, 0.1) is 6.54 Å². The van der Waals surface area contributed by atoms with Crippen LogP contribution in [0.4, 0.5) is 0 Å². The van der Waals surface area contributed by atoms with Crippen molar-refractivity contribution in [3.05, 3.63) is 59.5 Å². The average Bonchev–Trinajstić information content (AvgIpc) is 3.15. The van der Waals surface area contributed by atoms with Gasteiger partial charge in [0.2, 0.25) is 0 Å². The first-order valence-corrected chi connectivity index (χ1v) is 7.89. The van der Waals surface area contributed by atoms with Crippen LogP contribution in [-0.2, 0) is 6.54 Å². The van der Waals surface area contributed by atoms with Crippen LogP contribution in [0, 0.1) is 6.92 Å². The van der Waals surface area contributed by atoms with Crippen molar-refractivity contribution in [1.29, 1.82) is 0 Å². The quantitative estimate of drug-likeness (QED) is 0.807. The highest BCUT2D eigenvalue weighted by Gasteiger charge is 2.23. The Balaban J connectivity index is 1.81. The first kappa shape index (κ1) is 13.5. The van der Waals surface area contributed by atoms with Crippen LogP contribution >= 0.6 is 0 Å². The van der Waals surface area contributed by atoms with E-state index in [1.807, 2.05) is 12.3 Å². The number of aromatic nitrogens is 3. The van der Waals surface area contributed by atoms with Gasteiger partial charge in [0.1, 0.15) is 11.3 Å². The van der Waals surface area contributed by atoms with Gasteiger partial charge >= 0.3 is 0 Å². The van der Waals surface area contributed by atoms with E-state index in [-0.39, 0.29) is 0 Å². The Hall–Kier alpha value is -2.20. The molecule has 1 aliphatic rings. The van der Waals surface area contributed by atoms with Crippen molar-refractivity contribution >= 4 is 11.2 Å². The fraction of sp³-hybridized carbons (Fsp3) is 0.333. The highest BCUT2D eigenvalue weighted by molar-refractivity contribution is 5.71. The summed E-state index contributed by atoms with van der Waals surface area (Å²) in [6.45, 7) is 5.06. The SMILES string of the molecule is Cc1cccc(Cn2c(C3CCNC3)nc3cccnc32)c1. The number of imidazole rings is 1. The van der Waals surface area contributed by atoms with Gasteiger partial charge in [-0.3, -0.25) is 0 Å². The second-order valence-corrected chi connectivity index (χ2v) is 6.08. The minimum absolute atomic E-state index is 0.485. The van der Waals surface area contributed by atoms with Crippen molar-refractivity contribution < 1.29 is 0 Å². The van der Waals surface area contributed by atoms with Crippen molar-refractivity contribution in [3.63, 3.8) is 0 Å². The third-order valence-electron chi connectivity index (χ3n) is 4.38. The standard InChI is InChI=1S/C18H20N4/c1-13-4-2-5-14(10-13)12-22-17(15-7-9-19-11-15)21-16-6-3-8-20-18(16)22/h2-6,8,10,15,19H,7,9,11-12H2,1H3. The molecule has 112 valence electrons. The van der Waals surface area contributed by atoms with E-state index in [9.17, 15) is 0 Å². The van der Waals surface area contributed by atoms with Gasteiger partial charge in [-0.2, -0.15) is 0 Å². The van der Waals surface area contributed by atoms with Crippen molar-refractivity contribution in [1.82, 2.24) is 19.9 Å². The lowest BCUT2D eigenvalue weighted by Gasteiger charge is -2.13. The summed E-state index contributed by atoms with van der Waals surface area (Å²) in [7, 11) is 0. The van der Waals surface area contributed by atoms with Crippen molar-refractivity contribution in [2.45, 2.75) is 25.8 Å². The number of rotatable bonds is 3. The zero-order valence-corrected chi connectivity index (χ0v) is 12.8. The van der Waals surface area contributed by atoms with E-state index in [4.69, 9.17) is 4.98 Å². The zero-order valence-electron chi connectivity index (χ0n) is 12.8. The van der Waals surface area contributed by atoms with Crippen molar-refractivity contribution in [3.8, 4) is 0 Å². The minimum atomic E-state index is 0.485. The minimum Gasteiger partial charge on any atom is -0.316 e. The predicted octanol–water partition coefficient (Wildman–Crippen LogP) is 2.86. The number of nitrogens with zero attached hydrogens (tertiary/aromatic N) is 3. The molecule has 0 bridgehead atoms. The number of aryl methyl sites for hydroxylation is 1. The molecule has 4 nitrogen and oxygen atoms in total. The Kier molecular flexibility index (Phi) is 3.39. The number of fused-ring (bicyclic) bond motifs is 1. The fourth-order valence-electron chi connectivity index (χ4n) is 3.31. The Morgan fingerprint density at radius 3 is 3.05 bits per heavy atom. The maximum Gasteiger partial charge on any atom is 0.160 e. The second-order valence-electron chi connectivity index (χ2n) is 6.08. The highest BCUT2D eigenvalue weighted by Crippen LogP contribution is 2.26. The molecule has 1 unspecified atom stereocenters. The molecule has 1 saturated heterocycles. The van der Waals surface area contributed by atoms with Crippen LogP contribution in [0.5, 0.6) is 0 Å². The summed E-state index contributed by atoms with van der Waals surface area (Å²) in [5, 5.41) is 3.44. The third-order valence-corrected chi connectivity index (χ3v) is 4.38. The van der Waals surface area contributed by atoms with Gasteiger partial charge in [-0.1, -0.05) is 29.8 Å². The van der Waals surface area contributed by atoms with Crippen LogP contribution in [0.25, 0.3) is 11.2 Å². The Morgan fingerprint density at radius 1 is 1.27 bits per heavy atom. The molecule has 3 aromatic rings. The lowest BCUT2D eigenvalue weighted by molar-refractivity contribution is 0.640. The number of benzene rings is 1. The molecule has 4 rings (SSSR count). The molecule has 1 aromatic carbocycles. The second kappa shape index (κ2) is 5.54. The van der Waals surface area contributed by atoms with Crippen LogP contribution in [0.2, 0.25) is 0 Å². The Labute approximate surface area is 130 Å². The largest absolute Gasteiger partial charge is 0.316 e. The van der Waals surface area contributed by atoms with Gasteiger partial charge < -0.3 is 9.88 Å². The predicted molar refractivity (Wildman–Crippen MR) is 88.0 cm³/mol. The van der Waals surface area contributed by atoms with Gasteiger partial charge in [0.15, 0.2) is 5.65 Å². The molecule has 1 N–H and O–H groups in total. The molecule has 22 heavy (non-hydrogen) atoms. The summed E-state index contributed by atoms with van der Waals surface area (Å²) in [6.07, 6.45) is 3.00. The lowest BCUT2D eigenvalue weighted by Crippen LogP contribution is -2.13. The monoisotopic (exact) mass is 292 g/mol. The summed E-state index contributed by atoms with van der Waals surface area (Å²) in [5.74, 6) is 1.65. The molecular weight excluding hydrogens is 272 g/mol. The van der Waals surface area contributed by atoms with Crippen LogP contribution < -0.4 is 5.32 Å². The molecule has 0 saturated carbocycles. The Bertz CT molecular complexity index is 800. The molecule has 4 heteroatoms. The Morgan fingerprint density at radius 2 is 2.23 bits per heavy atom. The average molecular weight is 292 g/mol. The molecule has 0 aliphatic carbocycles. The third kappa shape index (κ3) is 2.40. The van der Waals surface area contributed by atoms with Gasteiger partial charge in [-0.15, -0.1) is 0 Å². The molecule has 1 aliphatic heterocycles. The topological polar surface area (TPSA) is 42.7 Å². The van der Waals surface area contributed by atoms with Crippen molar-refractivity contribution in [2.24, 2.45) is 0 Å². The number of hydrogen-bond acceptors (Lipinski definition) is 3. The molecule has 0 spiro atoms. The van der Waals surface area contributed by atoms with E-state index < -0.39 is 0 Å². The molecule has 2 aromatic heterocycles. The fourth-order valence-corrected chi connectivity index (χ4v) is 3.31. The first-order chi connectivity index (χ1) is 10.8. The van der Waals surface area contributed by atoms with Gasteiger partial charge in [0, 0.05) is 18.7 Å². The van der Waals surface area contributed by atoms with E-state index in [2.05, 4.69) is 52.1 Å². The normalized spacial score (nSPS) is 18.1. The first-order valence-electron chi connectivity index (χ1n) is 7.89. The molecular formula is C18H20N4. The van der Waals surface area contributed by atoms with Crippen molar-refractivity contribution in [2.75, 3.05) is 13.1 Å². The van der Waals surface area contributed by atoms with Crippen LogP contribution in [-0.4, -0.2) is 27.6 Å². The van der Waals surface area contributed by atoms with Crippen LogP contribution in [0.3, 0.4) is 0 Å². The molecule has 1 atom stereocenters. The molecule has 3 heterocycles. The molecule has 1 fully saturated rings. The van der Waals surface area contributed by atoms with Crippen LogP contribution in [0.1, 0.15) is 29.3 Å². The maximum atomic E-state index is 4.87. The summed E-state index contributed by atoms with van der Waals surface area (Å²) >= 11 is 0. The molecule has 0 radical (unpaired) electrons. The number of pyridine rings is 1. The number of nitrogens with one attached hydrogen (secondary N) is 1. The number of hydrogen-bond donors (Lipinski definition) is 1. The summed E-state index contributed by atoms with van der Waals surface area (Å²) in [5.41, 5.74) is 4.58. The summed E-state index contributed by atoms with van der Waals surface area (Å²) in [6, 6.07) is 12.7. The smallest absolute Gasteiger partial charge is 0.160 e. The van der Waals surface area contributed by atoms with E-state index in [1.165, 1.54) is 17.0 Å². The van der Waals surface area contributed by atoms with Gasteiger partial charge in [0.25, 0.3) is 0 Å². The maximum absolute atomic E-state index is 4.87. The van der Waals surface area contributed by atoms with E-state index in [0.29, 0.717) is 5.92 Å². The lowest BCUT2D eigenvalue weighted by atomic mass is 10.1. The highest BCUT2D eigenvalue weighted by atomic mass is 15.1. The van der Waals surface area contributed by atoms with E-state index >= 15 is 0 Å². The zero-order chi connectivity index (χ0) is 14.9. The van der Waals surface area contributed by atoms with Gasteiger partial charge in [-0.05, 0) is 37.6 Å². The van der Waals surface area contributed by atoms with Crippen LogP contribution in [0.15, 0.2) is 42.6 Å². The van der Waals surface area contributed by atoms with E-state index in [1.54, 1.807) is 0 Å². The molecule has 0 amide bonds.